The van der Waals surface area contributed by atoms with Crippen LogP contribution in [0.1, 0.15) is 303 Å². The molecule has 70 heavy (non-hydrogen) atoms. The Morgan fingerprint density at radius 3 is 1.14 bits per heavy atom. The highest BCUT2D eigenvalue weighted by molar-refractivity contribution is 7.80. The molecule has 7 atom stereocenters. The van der Waals surface area contributed by atoms with Crippen molar-refractivity contribution in [3.8, 4) is 0 Å². The quantitative estimate of drug-likeness (QED) is 0.0251. The van der Waals surface area contributed by atoms with Crippen molar-refractivity contribution in [3.63, 3.8) is 0 Å². The molecule has 12 nitrogen and oxygen atoms in total. The van der Waals surface area contributed by atoms with Crippen LogP contribution in [0.15, 0.2) is 0 Å². The summed E-state index contributed by atoms with van der Waals surface area (Å²) in [5, 5.41) is 45.1. The topological polar surface area (TPSA) is 192 Å². The zero-order chi connectivity index (χ0) is 51.2. The average Bonchev–Trinajstić information content (AvgIpc) is 3.33. The van der Waals surface area contributed by atoms with E-state index in [9.17, 15) is 38.2 Å². The van der Waals surface area contributed by atoms with Crippen molar-refractivity contribution in [1.82, 2.24) is 5.32 Å². The molecule has 1 saturated heterocycles. The first-order chi connectivity index (χ1) is 34.0. The van der Waals surface area contributed by atoms with Gasteiger partial charge in [0.15, 0.2) is 6.29 Å². The van der Waals surface area contributed by atoms with E-state index < -0.39 is 59.9 Å². The van der Waals surface area contributed by atoms with E-state index in [2.05, 4.69) is 23.3 Å². The molecular weight excluding hydrogens is 907 g/mol. The minimum atomic E-state index is -5.08. The summed E-state index contributed by atoms with van der Waals surface area (Å²) in [6, 6.07) is -0.852. The second-order valence-corrected chi connectivity index (χ2v) is 22.4. The maximum atomic E-state index is 13.1. The first-order valence-corrected chi connectivity index (χ1v) is 31.3. The molecule has 0 bridgehead atoms. The first kappa shape index (κ1) is 67.1. The van der Waals surface area contributed by atoms with Gasteiger partial charge in [0.05, 0.1) is 25.4 Å². The standard InChI is InChI=1S/C57H113NO11S/c1-3-5-7-9-11-13-15-17-19-20-21-22-23-24-25-26-27-28-29-30-31-32-33-35-37-39-41-43-45-47-53(61)58-50(49-67-57-55(63)56(69-70(64,65)66)54(62)52(48-59)68-57)51(60)46-44-42-40-38-36-34-18-16-14-12-10-8-6-4-2/h50-52,54-57,59-60,62-63H,3-49H2,1-2H3,(H,58,61)(H,64,65,66). The molecule has 0 aromatic heterocycles. The van der Waals surface area contributed by atoms with Crippen molar-refractivity contribution in [1.29, 1.82) is 0 Å². The minimum absolute atomic E-state index is 0.222. The molecule has 1 amide bonds. The molecule has 0 aliphatic carbocycles. The van der Waals surface area contributed by atoms with Crippen LogP contribution in [0.3, 0.4) is 0 Å². The van der Waals surface area contributed by atoms with Gasteiger partial charge in [-0.15, -0.1) is 0 Å². The Kier molecular flexibility index (Phi) is 45.8. The second-order valence-electron chi connectivity index (χ2n) is 21.3. The molecule has 6 N–H and O–H groups in total. The third kappa shape index (κ3) is 39.5. The molecule has 1 aliphatic heterocycles. The van der Waals surface area contributed by atoms with E-state index >= 15 is 0 Å². The monoisotopic (exact) mass is 1020 g/mol. The highest BCUT2D eigenvalue weighted by Crippen LogP contribution is 2.26. The number of rotatable bonds is 53. The molecule has 7 unspecified atom stereocenters. The minimum Gasteiger partial charge on any atom is -0.394 e. The molecule has 0 aromatic rings. The van der Waals surface area contributed by atoms with E-state index in [0.29, 0.717) is 12.8 Å². The smallest absolute Gasteiger partial charge is 0.394 e. The van der Waals surface area contributed by atoms with Gasteiger partial charge in [-0.2, -0.15) is 8.42 Å². The van der Waals surface area contributed by atoms with Crippen LogP contribution in [-0.4, -0.2) is 95.4 Å². The summed E-state index contributed by atoms with van der Waals surface area (Å²) in [6.45, 7) is 3.49. The van der Waals surface area contributed by atoms with Crippen molar-refractivity contribution in [2.45, 2.75) is 346 Å². The highest BCUT2D eigenvalue weighted by atomic mass is 32.3. The van der Waals surface area contributed by atoms with E-state index in [1.807, 2.05) is 0 Å². The van der Waals surface area contributed by atoms with Gasteiger partial charge in [0.25, 0.3) is 0 Å². The van der Waals surface area contributed by atoms with Gasteiger partial charge in [0, 0.05) is 6.42 Å². The maximum absolute atomic E-state index is 13.1. The number of hydrogen-bond donors (Lipinski definition) is 6. The number of carbonyl (C=O) groups is 1. The predicted molar refractivity (Wildman–Crippen MR) is 287 cm³/mol. The molecular formula is C57H113NO11S. The number of nitrogens with one attached hydrogen (secondary N) is 1. The number of carbonyl (C=O) groups excluding carboxylic acids is 1. The number of amides is 1. The Labute approximate surface area is 430 Å². The molecule has 0 spiro atoms. The Morgan fingerprint density at radius 2 is 0.829 bits per heavy atom. The number of hydrogen-bond acceptors (Lipinski definition) is 10. The van der Waals surface area contributed by atoms with E-state index in [1.165, 1.54) is 225 Å². The molecule has 0 aromatic carbocycles. The third-order valence-electron chi connectivity index (χ3n) is 14.7. The summed E-state index contributed by atoms with van der Waals surface area (Å²) in [5.74, 6) is -0.222. The number of aliphatic hydroxyl groups is 4. The SMILES string of the molecule is CCCCCCCCCCCCCCCCCCCCCCCCCCCCCCCC(=O)NC(COC1OC(CO)C(O)C(OS(=O)(=O)O)C1O)C(O)CCCCCCCCCCCCCCCC. The van der Waals surface area contributed by atoms with Crippen molar-refractivity contribution in [3.05, 3.63) is 0 Å². The summed E-state index contributed by atoms with van der Waals surface area (Å²) >= 11 is 0. The number of unbranched alkanes of at least 4 members (excludes halogenated alkanes) is 41. The van der Waals surface area contributed by atoms with E-state index in [4.69, 9.17) is 9.47 Å². The number of aliphatic hydroxyl groups excluding tert-OH is 4. The molecule has 1 heterocycles. The van der Waals surface area contributed by atoms with Gasteiger partial charge >= 0.3 is 10.4 Å². The third-order valence-corrected chi connectivity index (χ3v) is 15.1. The highest BCUT2D eigenvalue weighted by Gasteiger charge is 2.48. The molecule has 1 aliphatic rings. The summed E-state index contributed by atoms with van der Waals surface area (Å²) in [5.41, 5.74) is 0. The Bertz CT molecular complexity index is 1240. The fourth-order valence-electron chi connectivity index (χ4n) is 10.1. The van der Waals surface area contributed by atoms with E-state index in [-0.39, 0.29) is 12.5 Å². The Balaban J connectivity index is 2.24. The lowest BCUT2D eigenvalue weighted by molar-refractivity contribution is -0.298. The van der Waals surface area contributed by atoms with Gasteiger partial charge in [-0.1, -0.05) is 284 Å². The van der Waals surface area contributed by atoms with Crippen LogP contribution < -0.4 is 5.32 Å². The molecule has 418 valence electrons. The lowest BCUT2D eigenvalue weighted by atomic mass is 9.99. The molecule has 13 heteroatoms. The van der Waals surface area contributed by atoms with Gasteiger partial charge in [-0.05, 0) is 12.8 Å². The lowest BCUT2D eigenvalue weighted by Crippen LogP contribution is -2.61. The largest absolute Gasteiger partial charge is 0.397 e. The van der Waals surface area contributed by atoms with Crippen LogP contribution in [0, 0.1) is 0 Å². The average molecular weight is 1020 g/mol. The Morgan fingerprint density at radius 1 is 0.514 bits per heavy atom. The first-order valence-electron chi connectivity index (χ1n) is 29.9. The molecule has 0 saturated carbocycles. The lowest BCUT2D eigenvalue weighted by Gasteiger charge is -2.41. The van der Waals surface area contributed by atoms with Crippen LogP contribution in [0.4, 0.5) is 0 Å². The van der Waals surface area contributed by atoms with Crippen LogP contribution in [-0.2, 0) is 28.9 Å². The number of ether oxygens (including phenoxy) is 2. The molecule has 0 radical (unpaired) electrons. The van der Waals surface area contributed by atoms with Crippen molar-refractivity contribution >= 4 is 16.3 Å². The normalized spacial score (nSPS) is 19.4. The summed E-state index contributed by atoms with van der Waals surface area (Å²) < 4.78 is 47.9. The second kappa shape index (κ2) is 47.8. The van der Waals surface area contributed by atoms with Crippen molar-refractivity contribution in [2.24, 2.45) is 0 Å². The van der Waals surface area contributed by atoms with Gasteiger partial charge in [0.2, 0.25) is 5.91 Å². The summed E-state index contributed by atoms with van der Waals surface area (Å²) in [4.78, 5) is 13.1. The summed E-state index contributed by atoms with van der Waals surface area (Å²) in [6.07, 6.45) is 47.0. The van der Waals surface area contributed by atoms with Gasteiger partial charge in [0.1, 0.15) is 24.4 Å². The van der Waals surface area contributed by atoms with Gasteiger partial charge < -0.3 is 35.2 Å². The molecule has 1 fully saturated rings. The zero-order valence-electron chi connectivity index (χ0n) is 45.4. The fourth-order valence-corrected chi connectivity index (χ4v) is 10.6. The maximum Gasteiger partial charge on any atom is 0.397 e. The van der Waals surface area contributed by atoms with Crippen LogP contribution in [0.5, 0.6) is 0 Å². The predicted octanol–water partition coefficient (Wildman–Crippen LogP) is 14.1. The fraction of sp³-hybridized carbons (Fsp3) is 0.982. The van der Waals surface area contributed by atoms with Crippen molar-refractivity contribution < 1.29 is 51.8 Å². The van der Waals surface area contributed by atoms with E-state index in [0.717, 1.165) is 51.4 Å². The zero-order valence-corrected chi connectivity index (χ0v) is 46.2. The summed E-state index contributed by atoms with van der Waals surface area (Å²) in [7, 11) is -5.08. The van der Waals surface area contributed by atoms with E-state index in [1.54, 1.807) is 0 Å². The van der Waals surface area contributed by atoms with Crippen LogP contribution in [0.2, 0.25) is 0 Å². The van der Waals surface area contributed by atoms with Gasteiger partial charge in [-0.25, -0.2) is 4.18 Å². The van der Waals surface area contributed by atoms with Crippen molar-refractivity contribution in [2.75, 3.05) is 13.2 Å². The van der Waals surface area contributed by atoms with Gasteiger partial charge in [-0.3, -0.25) is 9.35 Å². The Hall–Kier alpha value is -0.900. The molecule has 1 rings (SSSR count). The van der Waals surface area contributed by atoms with Crippen LogP contribution >= 0.6 is 0 Å². The van der Waals surface area contributed by atoms with Crippen LogP contribution in [0.25, 0.3) is 0 Å².